The number of benzene rings is 2. The summed E-state index contributed by atoms with van der Waals surface area (Å²) in [6.07, 6.45) is -1.02. The van der Waals surface area contributed by atoms with Crippen LogP contribution < -0.4 is 4.74 Å². The molecule has 1 N–H and O–H groups in total. The third kappa shape index (κ3) is 3.24. The van der Waals surface area contributed by atoms with E-state index in [2.05, 4.69) is 0 Å². The fraction of sp³-hybridized carbons (Fsp3) is 0.176. The molecule has 3 rings (SSSR count). The molecule has 5 nitrogen and oxygen atoms in total. The van der Waals surface area contributed by atoms with Crippen molar-refractivity contribution in [2.45, 2.75) is 6.10 Å². The molecule has 0 saturated heterocycles. The number of imide groups is 1. The molecule has 0 bridgehead atoms. The van der Waals surface area contributed by atoms with Crippen molar-refractivity contribution in [3.63, 3.8) is 0 Å². The van der Waals surface area contributed by atoms with Crippen molar-refractivity contribution in [1.82, 2.24) is 4.90 Å². The van der Waals surface area contributed by atoms with Gasteiger partial charge in [-0.1, -0.05) is 41.4 Å². The number of rotatable bonds is 5. The topological polar surface area (TPSA) is 66.8 Å². The number of carbonyl (C=O) groups excluding carboxylic acids is 2. The number of β-amino-alcohol motifs (C(OH)–C–C–N with tert-alkyl or cyclic N) is 1. The van der Waals surface area contributed by atoms with Gasteiger partial charge in [0.15, 0.2) is 0 Å². The predicted octanol–water partition coefficient (Wildman–Crippen LogP) is 3.03. The number of nitrogens with zero attached hydrogens (tertiary/aromatic N) is 1. The molecule has 1 atom stereocenters. The molecule has 0 fully saturated rings. The second-order valence-corrected chi connectivity index (χ2v) is 6.13. The van der Waals surface area contributed by atoms with Crippen LogP contribution in [-0.4, -0.2) is 41.1 Å². The highest BCUT2D eigenvalue weighted by Crippen LogP contribution is 2.31. The monoisotopic (exact) mass is 365 g/mol. The molecule has 1 aliphatic rings. The maximum Gasteiger partial charge on any atom is 0.261 e. The number of hydrogen-bond donors (Lipinski definition) is 1. The van der Waals surface area contributed by atoms with Gasteiger partial charge < -0.3 is 9.84 Å². The largest absolute Gasteiger partial charge is 0.491 e. The van der Waals surface area contributed by atoms with E-state index < -0.39 is 17.9 Å². The van der Waals surface area contributed by atoms with Crippen molar-refractivity contribution >= 4 is 35.0 Å². The highest BCUT2D eigenvalue weighted by molar-refractivity contribution is 6.43. The first-order chi connectivity index (χ1) is 11.5. The molecule has 1 aliphatic heterocycles. The number of carbonyl (C=O) groups is 2. The molecule has 2 aromatic rings. The average molecular weight is 366 g/mol. The van der Waals surface area contributed by atoms with Crippen molar-refractivity contribution < 1.29 is 19.4 Å². The van der Waals surface area contributed by atoms with E-state index in [1.807, 2.05) is 6.07 Å². The first-order valence-corrected chi connectivity index (χ1v) is 7.94. The molecule has 1 unspecified atom stereocenters. The number of ether oxygens (including phenoxy) is 1. The Morgan fingerprint density at radius 3 is 2.08 bits per heavy atom. The quantitative estimate of drug-likeness (QED) is 0.827. The predicted molar refractivity (Wildman–Crippen MR) is 89.8 cm³/mol. The van der Waals surface area contributed by atoms with E-state index in [9.17, 15) is 14.7 Å². The highest BCUT2D eigenvalue weighted by Gasteiger charge is 2.37. The Kier molecular flexibility index (Phi) is 4.76. The summed E-state index contributed by atoms with van der Waals surface area (Å²) >= 11 is 11.8. The van der Waals surface area contributed by atoms with E-state index in [1.54, 1.807) is 24.3 Å². The van der Waals surface area contributed by atoms with Gasteiger partial charge in [0.2, 0.25) is 0 Å². The first kappa shape index (κ1) is 16.8. The maximum absolute atomic E-state index is 12.3. The summed E-state index contributed by atoms with van der Waals surface area (Å²) < 4.78 is 5.42. The molecular weight excluding hydrogens is 353 g/mol. The van der Waals surface area contributed by atoms with Crippen LogP contribution in [0, 0.1) is 0 Å². The SMILES string of the molecule is O=C1c2cc(Cl)c(Cl)cc2C(=O)N1CC(O)COc1ccccc1. The fourth-order valence-corrected chi connectivity index (χ4v) is 2.75. The zero-order chi connectivity index (χ0) is 17.3. The van der Waals surface area contributed by atoms with Gasteiger partial charge in [-0.15, -0.1) is 0 Å². The minimum atomic E-state index is -1.02. The van der Waals surface area contributed by atoms with Crippen molar-refractivity contribution in [3.05, 3.63) is 63.6 Å². The summed E-state index contributed by atoms with van der Waals surface area (Å²) in [6, 6.07) is 11.7. The Morgan fingerprint density at radius 2 is 1.54 bits per heavy atom. The Hall–Kier alpha value is -2.08. The van der Waals surface area contributed by atoms with Crippen LogP contribution in [0.3, 0.4) is 0 Å². The van der Waals surface area contributed by atoms with Gasteiger partial charge in [-0.05, 0) is 24.3 Å². The van der Waals surface area contributed by atoms with Crippen LogP contribution in [0.5, 0.6) is 5.75 Å². The van der Waals surface area contributed by atoms with Gasteiger partial charge in [-0.3, -0.25) is 14.5 Å². The second kappa shape index (κ2) is 6.81. The van der Waals surface area contributed by atoms with Gasteiger partial charge in [0.25, 0.3) is 11.8 Å². The normalized spacial score (nSPS) is 14.7. The lowest BCUT2D eigenvalue weighted by Gasteiger charge is -2.18. The second-order valence-electron chi connectivity index (χ2n) is 5.31. The molecular formula is C17H13Cl2NO4. The number of halogens is 2. The Bertz CT molecular complexity index is 754. The van der Waals surface area contributed by atoms with Crippen LogP contribution in [0.2, 0.25) is 10.0 Å². The number of para-hydroxylation sites is 1. The maximum atomic E-state index is 12.3. The molecule has 0 saturated carbocycles. The highest BCUT2D eigenvalue weighted by atomic mass is 35.5. The van der Waals surface area contributed by atoms with Crippen LogP contribution in [0.1, 0.15) is 20.7 Å². The zero-order valence-electron chi connectivity index (χ0n) is 12.4. The van der Waals surface area contributed by atoms with E-state index in [4.69, 9.17) is 27.9 Å². The van der Waals surface area contributed by atoms with E-state index in [-0.39, 0.29) is 34.3 Å². The fourth-order valence-electron chi connectivity index (χ4n) is 2.42. The van der Waals surface area contributed by atoms with Crippen molar-refractivity contribution in [2.75, 3.05) is 13.2 Å². The van der Waals surface area contributed by atoms with E-state index in [1.165, 1.54) is 12.1 Å². The van der Waals surface area contributed by atoms with Crippen LogP contribution in [0.15, 0.2) is 42.5 Å². The van der Waals surface area contributed by atoms with Gasteiger partial charge >= 0.3 is 0 Å². The summed E-state index contributed by atoms with van der Waals surface area (Å²) in [6.45, 7) is -0.215. The van der Waals surface area contributed by atoms with Crippen LogP contribution in [0.25, 0.3) is 0 Å². The number of fused-ring (bicyclic) bond motifs is 1. The van der Waals surface area contributed by atoms with Gasteiger partial charge in [-0.25, -0.2) is 0 Å². The van der Waals surface area contributed by atoms with Crippen molar-refractivity contribution in [3.8, 4) is 5.75 Å². The molecule has 2 aromatic carbocycles. The first-order valence-electron chi connectivity index (χ1n) is 7.18. The molecule has 24 heavy (non-hydrogen) atoms. The summed E-state index contributed by atoms with van der Waals surface area (Å²) in [5.41, 5.74) is 0.371. The third-order valence-corrected chi connectivity index (χ3v) is 4.31. The minimum Gasteiger partial charge on any atom is -0.491 e. The third-order valence-electron chi connectivity index (χ3n) is 3.59. The lowest BCUT2D eigenvalue weighted by Crippen LogP contribution is -2.39. The van der Waals surface area contributed by atoms with Crippen molar-refractivity contribution in [2.24, 2.45) is 0 Å². The molecule has 0 spiro atoms. The van der Waals surface area contributed by atoms with E-state index >= 15 is 0 Å². The molecule has 7 heteroatoms. The summed E-state index contributed by atoms with van der Waals surface area (Å²) in [5.74, 6) is -0.419. The number of amides is 2. The summed E-state index contributed by atoms with van der Waals surface area (Å²) in [4.78, 5) is 25.6. The zero-order valence-corrected chi connectivity index (χ0v) is 13.9. The summed E-state index contributed by atoms with van der Waals surface area (Å²) in [5, 5.41) is 10.5. The van der Waals surface area contributed by atoms with E-state index in [0.29, 0.717) is 5.75 Å². The van der Waals surface area contributed by atoms with Gasteiger partial charge in [-0.2, -0.15) is 0 Å². The molecule has 0 aliphatic carbocycles. The smallest absolute Gasteiger partial charge is 0.261 e. The number of aliphatic hydroxyl groups is 1. The van der Waals surface area contributed by atoms with Crippen LogP contribution in [-0.2, 0) is 0 Å². The molecule has 1 heterocycles. The average Bonchev–Trinajstić information content (AvgIpc) is 2.79. The van der Waals surface area contributed by atoms with Crippen molar-refractivity contribution in [1.29, 1.82) is 0 Å². The molecule has 2 amide bonds. The number of hydrogen-bond acceptors (Lipinski definition) is 4. The standard InChI is InChI=1S/C17H13Cl2NO4/c18-14-6-12-13(7-15(14)19)17(23)20(16(12)22)8-10(21)9-24-11-4-2-1-3-5-11/h1-7,10,21H,8-9H2. The number of aliphatic hydroxyl groups excluding tert-OH is 1. The Labute approximate surface area is 148 Å². The van der Waals surface area contributed by atoms with Crippen LogP contribution in [0.4, 0.5) is 0 Å². The van der Waals surface area contributed by atoms with Crippen LogP contribution >= 0.6 is 23.2 Å². The van der Waals surface area contributed by atoms with Gasteiger partial charge in [0.05, 0.1) is 27.7 Å². The summed E-state index contributed by atoms with van der Waals surface area (Å²) in [7, 11) is 0. The Morgan fingerprint density at radius 1 is 1.00 bits per heavy atom. The minimum absolute atomic E-state index is 0.0427. The van der Waals surface area contributed by atoms with Gasteiger partial charge in [0, 0.05) is 0 Å². The van der Waals surface area contributed by atoms with E-state index in [0.717, 1.165) is 4.90 Å². The molecule has 0 aromatic heterocycles. The lowest BCUT2D eigenvalue weighted by molar-refractivity contribution is 0.0457. The molecule has 124 valence electrons. The molecule has 0 radical (unpaired) electrons. The van der Waals surface area contributed by atoms with Gasteiger partial charge in [0.1, 0.15) is 18.5 Å². The lowest BCUT2D eigenvalue weighted by atomic mass is 10.1. The Balaban J connectivity index is 1.67.